The number of hydrogen-bond acceptors (Lipinski definition) is 2. The fourth-order valence-electron chi connectivity index (χ4n) is 2.98. The molecule has 0 spiro atoms. The van der Waals surface area contributed by atoms with E-state index in [4.69, 9.17) is 0 Å². The Bertz CT molecular complexity index is 993. The highest BCUT2D eigenvalue weighted by molar-refractivity contribution is 5.94. The average Bonchev–Trinajstić information content (AvgIpc) is 2.62. The number of halogens is 1. The van der Waals surface area contributed by atoms with Gasteiger partial charge in [0.1, 0.15) is 5.82 Å². The molecule has 134 valence electrons. The molecule has 1 aromatic heterocycles. The lowest BCUT2D eigenvalue weighted by Crippen LogP contribution is -2.33. The summed E-state index contributed by atoms with van der Waals surface area (Å²) in [6, 6.07) is 13.2. The fourth-order valence-corrected chi connectivity index (χ4v) is 2.98. The number of aromatic amines is 1. The molecule has 3 rings (SSSR count). The zero-order valence-corrected chi connectivity index (χ0v) is 14.9. The second kappa shape index (κ2) is 7.52. The number of carbonyl (C=O) groups excluding carboxylic acids is 1. The van der Waals surface area contributed by atoms with E-state index in [0.29, 0.717) is 17.7 Å². The van der Waals surface area contributed by atoms with Crippen LogP contribution in [-0.4, -0.2) is 22.3 Å². The van der Waals surface area contributed by atoms with Crippen LogP contribution in [0.25, 0.3) is 10.9 Å². The Morgan fingerprint density at radius 3 is 2.54 bits per heavy atom. The van der Waals surface area contributed by atoms with Gasteiger partial charge in [-0.15, -0.1) is 0 Å². The maximum Gasteiger partial charge on any atom is 0.254 e. The van der Waals surface area contributed by atoms with Crippen molar-refractivity contribution in [2.24, 2.45) is 0 Å². The van der Waals surface area contributed by atoms with Crippen LogP contribution >= 0.6 is 0 Å². The van der Waals surface area contributed by atoms with E-state index in [1.54, 1.807) is 4.90 Å². The summed E-state index contributed by atoms with van der Waals surface area (Å²) >= 11 is 0. The molecule has 4 nitrogen and oxygen atoms in total. The summed E-state index contributed by atoms with van der Waals surface area (Å²) in [6.45, 7) is 4.67. The van der Waals surface area contributed by atoms with Crippen LogP contribution in [0.5, 0.6) is 0 Å². The molecule has 0 aliphatic rings. The maximum atomic E-state index is 13.1. The van der Waals surface area contributed by atoms with Crippen molar-refractivity contribution < 1.29 is 9.18 Å². The monoisotopic (exact) mass is 352 g/mol. The lowest BCUT2D eigenvalue weighted by atomic mass is 10.1. The molecular weight excluding hydrogens is 331 g/mol. The third-order valence-corrected chi connectivity index (χ3v) is 4.31. The van der Waals surface area contributed by atoms with Crippen molar-refractivity contribution in [2.45, 2.75) is 26.8 Å². The third kappa shape index (κ3) is 3.82. The van der Waals surface area contributed by atoms with Gasteiger partial charge in [0, 0.05) is 23.2 Å². The maximum absolute atomic E-state index is 13.1. The summed E-state index contributed by atoms with van der Waals surface area (Å²) in [5, 5.41) is 0.927. The van der Waals surface area contributed by atoms with E-state index in [2.05, 4.69) is 4.98 Å². The number of pyridine rings is 1. The number of rotatable bonds is 5. The Labute approximate surface area is 151 Å². The van der Waals surface area contributed by atoms with Crippen LogP contribution in [0.3, 0.4) is 0 Å². The van der Waals surface area contributed by atoms with Gasteiger partial charge in [0.05, 0.1) is 6.54 Å². The van der Waals surface area contributed by atoms with Crippen LogP contribution in [0.2, 0.25) is 0 Å². The highest BCUT2D eigenvalue weighted by Gasteiger charge is 2.17. The molecule has 0 radical (unpaired) electrons. The van der Waals surface area contributed by atoms with Gasteiger partial charge in [-0.1, -0.05) is 19.1 Å². The van der Waals surface area contributed by atoms with Crippen LogP contribution < -0.4 is 5.56 Å². The van der Waals surface area contributed by atoms with Crippen molar-refractivity contribution in [3.63, 3.8) is 0 Å². The number of hydrogen-bond donors (Lipinski definition) is 1. The zero-order chi connectivity index (χ0) is 18.7. The summed E-state index contributed by atoms with van der Waals surface area (Å²) in [6.07, 6.45) is 0.762. The van der Waals surface area contributed by atoms with E-state index in [9.17, 15) is 14.0 Å². The summed E-state index contributed by atoms with van der Waals surface area (Å²) in [7, 11) is 0. The minimum absolute atomic E-state index is 0.198. The smallest absolute Gasteiger partial charge is 0.254 e. The van der Waals surface area contributed by atoms with Crippen LogP contribution in [0, 0.1) is 12.7 Å². The van der Waals surface area contributed by atoms with Crippen LogP contribution in [0.15, 0.2) is 53.3 Å². The van der Waals surface area contributed by atoms with Gasteiger partial charge in [0.15, 0.2) is 0 Å². The standard InChI is InChI=1S/C21H21FN2O2/c1-3-10-24(21(26)15-6-8-18(22)9-7-15)13-17-12-16-5-4-14(2)11-19(16)23-20(17)25/h4-9,11-12H,3,10,13H2,1-2H3,(H,23,25). The SMILES string of the molecule is CCCN(Cc1cc2ccc(C)cc2[nH]c1=O)C(=O)c1ccc(F)cc1. The van der Waals surface area contributed by atoms with Crippen LogP contribution in [0.1, 0.15) is 34.8 Å². The van der Waals surface area contributed by atoms with E-state index in [-0.39, 0.29) is 23.8 Å². The molecule has 1 heterocycles. The number of nitrogens with one attached hydrogen (secondary N) is 1. The molecule has 0 aliphatic carbocycles. The summed E-state index contributed by atoms with van der Waals surface area (Å²) < 4.78 is 13.1. The van der Waals surface area contributed by atoms with Gasteiger partial charge in [-0.25, -0.2) is 4.39 Å². The number of H-pyrrole nitrogens is 1. The van der Waals surface area contributed by atoms with Gasteiger partial charge >= 0.3 is 0 Å². The van der Waals surface area contributed by atoms with Gasteiger partial charge in [-0.3, -0.25) is 9.59 Å². The molecule has 0 atom stereocenters. The highest BCUT2D eigenvalue weighted by Crippen LogP contribution is 2.15. The first-order valence-electron chi connectivity index (χ1n) is 8.65. The Morgan fingerprint density at radius 2 is 1.85 bits per heavy atom. The minimum Gasteiger partial charge on any atom is -0.334 e. The second-order valence-electron chi connectivity index (χ2n) is 6.45. The summed E-state index contributed by atoms with van der Waals surface area (Å²) in [5.74, 6) is -0.597. The average molecular weight is 352 g/mol. The second-order valence-corrected chi connectivity index (χ2v) is 6.45. The molecular formula is C21H21FN2O2. The molecule has 0 saturated carbocycles. The molecule has 0 saturated heterocycles. The number of fused-ring (bicyclic) bond motifs is 1. The molecule has 1 amide bonds. The van der Waals surface area contributed by atoms with Gasteiger partial charge in [0.25, 0.3) is 11.5 Å². The largest absolute Gasteiger partial charge is 0.334 e. The molecule has 0 bridgehead atoms. The number of benzene rings is 2. The number of nitrogens with zero attached hydrogens (tertiary/aromatic N) is 1. The zero-order valence-electron chi connectivity index (χ0n) is 14.9. The van der Waals surface area contributed by atoms with Crippen LogP contribution in [-0.2, 0) is 6.54 Å². The van der Waals surface area contributed by atoms with E-state index in [1.807, 2.05) is 38.1 Å². The fraction of sp³-hybridized carbons (Fsp3) is 0.238. The molecule has 3 aromatic rings. The quantitative estimate of drug-likeness (QED) is 0.754. The van der Waals surface area contributed by atoms with E-state index in [0.717, 1.165) is 22.9 Å². The Kier molecular flexibility index (Phi) is 5.16. The molecule has 0 unspecified atom stereocenters. The lowest BCUT2D eigenvalue weighted by Gasteiger charge is -2.22. The topological polar surface area (TPSA) is 53.2 Å². The minimum atomic E-state index is -0.384. The lowest BCUT2D eigenvalue weighted by molar-refractivity contribution is 0.0742. The summed E-state index contributed by atoms with van der Waals surface area (Å²) in [5.41, 5.74) is 2.60. The first kappa shape index (κ1) is 17.9. The van der Waals surface area contributed by atoms with Gasteiger partial charge in [-0.2, -0.15) is 0 Å². The van der Waals surface area contributed by atoms with E-state index >= 15 is 0 Å². The Balaban J connectivity index is 1.92. The molecule has 0 aliphatic heterocycles. The first-order chi connectivity index (χ1) is 12.5. The summed E-state index contributed by atoms with van der Waals surface area (Å²) in [4.78, 5) is 29.7. The van der Waals surface area contributed by atoms with Gasteiger partial charge in [-0.05, 0) is 60.7 Å². The highest BCUT2D eigenvalue weighted by atomic mass is 19.1. The predicted octanol–water partition coefficient (Wildman–Crippen LogP) is 4.03. The normalized spacial score (nSPS) is 10.9. The third-order valence-electron chi connectivity index (χ3n) is 4.31. The van der Waals surface area contributed by atoms with Crippen molar-refractivity contribution >= 4 is 16.8 Å². The van der Waals surface area contributed by atoms with Crippen molar-refractivity contribution in [3.05, 3.63) is 81.4 Å². The predicted molar refractivity (Wildman–Crippen MR) is 101 cm³/mol. The van der Waals surface area contributed by atoms with Gasteiger partial charge in [0.2, 0.25) is 0 Å². The Morgan fingerprint density at radius 1 is 1.12 bits per heavy atom. The van der Waals surface area contributed by atoms with E-state index < -0.39 is 0 Å². The molecule has 1 N–H and O–H groups in total. The van der Waals surface area contributed by atoms with Crippen molar-refractivity contribution in [1.29, 1.82) is 0 Å². The van der Waals surface area contributed by atoms with Crippen molar-refractivity contribution in [3.8, 4) is 0 Å². The van der Waals surface area contributed by atoms with Crippen LogP contribution in [0.4, 0.5) is 4.39 Å². The number of aryl methyl sites for hydroxylation is 1. The molecule has 5 heteroatoms. The number of carbonyl (C=O) groups is 1. The molecule has 26 heavy (non-hydrogen) atoms. The number of aromatic nitrogens is 1. The Hall–Kier alpha value is -2.95. The van der Waals surface area contributed by atoms with Gasteiger partial charge < -0.3 is 9.88 Å². The van der Waals surface area contributed by atoms with E-state index in [1.165, 1.54) is 24.3 Å². The molecule has 2 aromatic carbocycles. The van der Waals surface area contributed by atoms with Crippen molar-refractivity contribution in [2.75, 3.05) is 6.54 Å². The number of amides is 1. The molecule has 0 fully saturated rings. The first-order valence-corrected chi connectivity index (χ1v) is 8.65. The van der Waals surface area contributed by atoms with Crippen molar-refractivity contribution in [1.82, 2.24) is 9.88 Å².